The Balaban J connectivity index is 1.50. The molecule has 0 fully saturated rings. The molecule has 0 spiro atoms. The van der Waals surface area contributed by atoms with E-state index < -0.39 is 30.0 Å². The van der Waals surface area contributed by atoms with E-state index in [-0.39, 0.29) is 38.5 Å². The fraction of sp³-hybridized carbons (Fsp3) is 0.261. The lowest BCUT2D eigenvalue weighted by Crippen LogP contribution is -2.29. The second-order valence-electron chi connectivity index (χ2n) is 8.03. The van der Waals surface area contributed by atoms with Gasteiger partial charge in [-0.2, -0.15) is 5.10 Å². The lowest BCUT2D eigenvalue weighted by molar-refractivity contribution is -0.125. The van der Waals surface area contributed by atoms with E-state index in [1.165, 1.54) is 12.3 Å². The van der Waals surface area contributed by atoms with E-state index in [4.69, 9.17) is 15.0 Å². The van der Waals surface area contributed by atoms with Crippen molar-refractivity contribution < 1.29 is 27.6 Å². The minimum atomic E-state index is -2.86. The van der Waals surface area contributed by atoms with Gasteiger partial charge in [0, 0.05) is 35.7 Å². The Bertz CT molecular complexity index is 1510. The van der Waals surface area contributed by atoms with Gasteiger partial charge in [-0.15, -0.1) is 11.3 Å². The van der Waals surface area contributed by atoms with E-state index in [0.29, 0.717) is 12.3 Å². The van der Waals surface area contributed by atoms with Crippen LogP contribution in [-0.4, -0.2) is 38.4 Å². The molecule has 5 rings (SSSR count). The Kier molecular flexibility index (Phi) is 6.00. The Morgan fingerprint density at radius 2 is 2.17 bits per heavy atom. The predicted octanol–water partition coefficient (Wildman–Crippen LogP) is 4.25. The van der Waals surface area contributed by atoms with Crippen LogP contribution in [0.3, 0.4) is 0 Å². The van der Waals surface area contributed by atoms with E-state index in [0.717, 1.165) is 22.6 Å². The molecule has 0 saturated heterocycles. The highest BCUT2D eigenvalue weighted by Gasteiger charge is 2.33. The van der Waals surface area contributed by atoms with Crippen LogP contribution in [0.15, 0.2) is 40.2 Å². The predicted molar refractivity (Wildman–Crippen MR) is 128 cm³/mol. The topological polar surface area (TPSA) is 138 Å². The molecular weight excluding hydrogens is 494 g/mol. The molecule has 1 atom stereocenters. The summed E-state index contributed by atoms with van der Waals surface area (Å²) in [5, 5.41) is 11.4. The average Bonchev–Trinajstić information content (AvgIpc) is 3.64. The maximum absolute atomic E-state index is 13.5. The van der Waals surface area contributed by atoms with Gasteiger partial charge in [0.05, 0.1) is 23.4 Å². The number of aromatic nitrogens is 3. The van der Waals surface area contributed by atoms with Crippen LogP contribution in [0.1, 0.15) is 46.4 Å². The fourth-order valence-corrected chi connectivity index (χ4v) is 5.01. The van der Waals surface area contributed by atoms with Crippen LogP contribution in [0.5, 0.6) is 0 Å². The van der Waals surface area contributed by atoms with Gasteiger partial charge in [0.1, 0.15) is 21.2 Å². The number of halogens is 2. The number of hydrogen-bond acceptors (Lipinski definition) is 8. The summed E-state index contributed by atoms with van der Waals surface area (Å²) in [6.07, 6.45) is -0.452. The van der Waals surface area contributed by atoms with Gasteiger partial charge in [-0.05, 0) is 32.0 Å². The molecule has 10 nitrogen and oxygen atoms in total. The molecule has 5 heterocycles. The van der Waals surface area contributed by atoms with Gasteiger partial charge < -0.3 is 20.3 Å². The first-order valence-electron chi connectivity index (χ1n) is 10.9. The summed E-state index contributed by atoms with van der Waals surface area (Å²) in [4.78, 5) is 34.9. The number of fused-ring (bicyclic) bond motifs is 1. The number of furan rings is 1. The number of carbonyl (C=O) groups excluding carboxylic acids is 2. The number of amides is 2. The molecule has 3 N–H and O–H groups in total. The third-order valence-corrected chi connectivity index (χ3v) is 6.80. The number of primary amides is 1. The Morgan fingerprint density at radius 3 is 2.81 bits per heavy atom. The van der Waals surface area contributed by atoms with E-state index in [1.807, 2.05) is 20.0 Å². The standard InChI is InChI=1S/C23H20F2N6O4S/c1-3-31-9-12(10(2)29-31)13-8-16(35-30-13)22(33)28-18-17-11(15-5-4-6-34-15)7-14(20(24)25)27-23(17)36-19(18)21(26)32/h4-7,9,16,20H,3,8H2,1-2H3,(H2,26,32)(H,28,33). The summed E-state index contributed by atoms with van der Waals surface area (Å²) < 4.78 is 34.3. The highest BCUT2D eigenvalue weighted by atomic mass is 32.1. The van der Waals surface area contributed by atoms with Crippen molar-refractivity contribution >= 4 is 44.8 Å². The van der Waals surface area contributed by atoms with Gasteiger partial charge in [-0.1, -0.05) is 5.16 Å². The van der Waals surface area contributed by atoms with Crippen molar-refractivity contribution in [1.29, 1.82) is 0 Å². The summed E-state index contributed by atoms with van der Waals surface area (Å²) in [5.41, 5.74) is 7.46. The van der Waals surface area contributed by atoms with Crippen molar-refractivity contribution in [3.8, 4) is 11.3 Å². The summed E-state index contributed by atoms with van der Waals surface area (Å²) in [6, 6.07) is 4.34. The number of nitrogens with zero attached hydrogens (tertiary/aromatic N) is 4. The zero-order valence-electron chi connectivity index (χ0n) is 19.1. The summed E-state index contributed by atoms with van der Waals surface area (Å²) in [6.45, 7) is 4.47. The number of alkyl halides is 2. The smallest absolute Gasteiger partial charge is 0.280 e. The minimum Gasteiger partial charge on any atom is -0.464 e. The summed E-state index contributed by atoms with van der Waals surface area (Å²) in [5.74, 6) is -1.16. The zero-order chi connectivity index (χ0) is 25.6. The third kappa shape index (κ3) is 4.11. The van der Waals surface area contributed by atoms with Crippen LogP contribution in [-0.2, 0) is 16.2 Å². The SMILES string of the molecule is CCn1cc(C2=NOC(C(=O)Nc3c(C(N)=O)sc4nc(C(F)F)cc(-c5ccco5)c34)C2)c(C)n1. The molecule has 0 saturated carbocycles. The molecule has 2 amide bonds. The molecule has 36 heavy (non-hydrogen) atoms. The molecule has 1 unspecified atom stereocenters. The first-order valence-corrected chi connectivity index (χ1v) is 11.8. The molecule has 0 bridgehead atoms. The van der Waals surface area contributed by atoms with Crippen molar-refractivity contribution in [2.45, 2.75) is 39.3 Å². The number of oxime groups is 1. The molecule has 0 aliphatic carbocycles. The first-order chi connectivity index (χ1) is 17.3. The fourth-order valence-electron chi connectivity index (χ4n) is 3.99. The number of thiophene rings is 1. The summed E-state index contributed by atoms with van der Waals surface area (Å²) >= 11 is 0.808. The molecule has 186 valence electrons. The molecule has 1 aliphatic heterocycles. The van der Waals surface area contributed by atoms with Crippen molar-refractivity contribution in [1.82, 2.24) is 14.8 Å². The average molecular weight is 515 g/mol. The quantitative estimate of drug-likeness (QED) is 0.378. The van der Waals surface area contributed by atoms with Gasteiger partial charge in [-0.3, -0.25) is 14.3 Å². The van der Waals surface area contributed by atoms with Crippen molar-refractivity contribution in [3.63, 3.8) is 0 Å². The van der Waals surface area contributed by atoms with E-state index in [2.05, 4.69) is 20.6 Å². The number of carbonyl (C=O) groups is 2. The number of aryl methyl sites for hydroxylation is 2. The highest BCUT2D eigenvalue weighted by molar-refractivity contribution is 7.21. The first kappa shape index (κ1) is 23.6. The van der Waals surface area contributed by atoms with Crippen LogP contribution >= 0.6 is 11.3 Å². The molecule has 4 aromatic heterocycles. The van der Waals surface area contributed by atoms with E-state index in [9.17, 15) is 18.4 Å². The van der Waals surface area contributed by atoms with Crippen LogP contribution in [0.4, 0.5) is 14.5 Å². The van der Waals surface area contributed by atoms with Crippen LogP contribution < -0.4 is 11.1 Å². The Hall–Kier alpha value is -4.13. The lowest BCUT2D eigenvalue weighted by atomic mass is 10.0. The third-order valence-electron chi connectivity index (χ3n) is 5.71. The number of pyridine rings is 1. The molecule has 13 heteroatoms. The maximum atomic E-state index is 13.5. The molecule has 4 aromatic rings. The largest absolute Gasteiger partial charge is 0.464 e. The number of hydrogen-bond donors (Lipinski definition) is 2. The Morgan fingerprint density at radius 1 is 1.36 bits per heavy atom. The maximum Gasteiger partial charge on any atom is 0.280 e. The normalized spacial score (nSPS) is 15.4. The van der Waals surface area contributed by atoms with Gasteiger partial charge in [-0.25, -0.2) is 13.8 Å². The molecule has 0 aromatic carbocycles. The van der Waals surface area contributed by atoms with Crippen LogP contribution in [0.25, 0.3) is 21.5 Å². The second-order valence-corrected chi connectivity index (χ2v) is 9.03. The van der Waals surface area contributed by atoms with Crippen LogP contribution in [0, 0.1) is 6.92 Å². The van der Waals surface area contributed by atoms with Gasteiger partial charge in [0.15, 0.2) is 0 Å². The monoisotopic (exact) mass is 514 g/mol. The number of nitrogens with one attached hydrogen (secondary N) is 1. The van der Waals surface area contributed by atoms with Gasteiger partial charge in [0.25, 0.3) is 18.2 Å². The Labute approximate surface area is 206 Å². The second kappa shape index (κ2) is 9.15. The minimum absolute atomic E-state index is 0.0377. The van der Waals surface area contributed by atoms with Gasteiger partial charge in [0.2, 0.25) is 6.10 Å². The van der Waals surface area contributed by atoms with Crippen molar-refractivity contribution in [3.05, 3.63) is 52.5 Å². The number of rotatable bonds is 7. The van der Waals surface area contributed by atoms with Gasteiger partial charge >= 0.3 is 0 Å². The van der Waals surface area contributed by atoms with E-state index in [1.54, 1.807) is 16.8 Å². The molecular formula is C23H20F2N6O4S. The van der Waals surface area contributed by atoms with E-state index >= 15 is 0 Å². The lowest BCUT2D eigenvalue weighted by Gasteiger charge is -2.12. The number of nitrogens with two attached hydrogens (primary N) is 1. The number of anilines is 1. The summed E-state index contributed by atoms with van der Waals surface area (Å²) in [7, 11) is 0. The van der Waals surface area contributed by atoms with Crippen molar-refractivity contribution in [2.24, 2.45) is 10.9 Å². The highest BCUT2D eigenvalue weighted by Crippen LogP contribution is 2.42. The van der Waals surface area contributed by atoms with Crippen LogP contribution in [0.2, 0.25) is 0 Å². The zero-order valence-corrected chi connectivity index (χ0v) is 19.9. The molecule has 0 radical (unpaired) electrons. The van der Waals surface area contributed by atoms with Crippen molar-refractivity contribution in [2.75, 3.05) is 5.32 Å². The molecule has 1 aliphatic rings.